The van der Waals surface area contributed by atoms with Crippen molar-refractivity contribution in [3.63, 3.8) is 0 Å². The Morgan fingerprint density at radius 2 is 1.83 bits per heavy atom. The van der Waals surface area contributed by atoms with Gasteiger partial charge in [-0.15, -0.1) is 0 Å². The highest BCUT2D eigenvalue weighted by molar-refractivity contribution is 7.92. The quantitative estimate of drug-likeness (QED) is 0.221. The number of carbonyl (C=O) groups excluding carboxylic acids is 2. The number of ether oxygens (including phenoxy) is 1. The number of aryl methyl sites for hydroxylation is 1. The first-order valence-electron chi connectivity index (χ1n) is 12.6. The monoisotopic (exact) mass is 571 g/mol. The van der Waals surface area contributed by atoms with E-state index in [0.717, 1.165) is 5.56 Å². The summed E-state index contributed by atoms with van der Waals surface area (Å²) in [6, 6.07) is 15.7. The van der Waals surface area contributed by atoms with Crippen LogP contribution in [0.5, 0.6) is 0 Å². The number of anilines is 2. The SMILES string of the molecule is CCC(OC(=O)c1ccc2nc(-c3cccnc3)[nH]c2c1)C(=O)Nc1ccc(S(=O)(=O)Nc2nccc(C)n2)cc1. The van der Waals surface area contributed by atoms with E-state index >= 15 is 0 Å². The van der Waals surface area contributed by atoms with Crippen LogP contribution in [0.25, 0.3) is 22.4 Å². The molecule has 0 spiro atoms. The number of amides is 1. The Kier molecular flexibility index (Phi) is 7.70. The Morgan fingerprint density at radius 1 is 1.02 bits per heavy atom. The highest BCUT2D eigenvalue weighted by Crippen LogP contribution is 2.22. The van der Waals surface area contributed by atoms with Crippen molar-refractivity contribution >= 4 is 44.6 Å². The van der Waals surface area contributed by atoms with Gasteiger partial charge < -0.3 is 15.0 Å². The summed E-state index contributed by atoms with van der Waals surface area (Å²) in [6.45, 7) is 3.43. The summed E-state index contributed by atoms with van der Waals surface area (Å²) in [5.74, 6) is -0.653. The number of fused-ring (bicyclic) bond motifs is 1. The maximum atomic E-state index is 12.9. The largest absolute Gasteiger partial charge is 0.449 e. The van der Waals surface area contributed by atoms with Gasteiger partial charge in [-0.1, -0.05) is 6.92 Å². The molecule has 41 heavy (non-hydrogen) atoms. The van der Waals surface area contributed by atoms with Crippen LogP contribution in [0.2, 0.25) is 0 Å². The lowest BCUT2D eigenvalue weighted by atomic mass is 10.2. The number of rotatable bonds is 9. The summed E-state index contributed by atoms with van der Waals surface area (Å²) in [5.41, 5.74) is 3.30. The third-order valence-corrected chi connectivity index (χ3v) is 7.36. The van der Waals surface area contributed by atoms with Crippen LogP contribution in [0.3, 0.4) is 0 Å². The molecular weight excluding hydrogens is 546 g/mol. The fraction of sp³-hybridized carbons (Fsp3) is 0.143. The van der Waals surface area contributed by atoms with E-state index in [9.17, 15) is 18.0 Å². The van der Waals surface area contributed by atoms with Gasteiger partial charge in [-0.25, -0.2) is 32.9 Å². The number of sulfonamides is 1. The molecule has 13 heteroatoms. The number of esters is 1. The van der Waals surface area contributed by atoms with Gasteiger partial charge in [-0.3, -0.25) is 9.78 Å². The highest BCUT2D eigenvalue weighted by Gasteiger charge is 2.23. The summed E-state index contributed by atoms with van der Waals surface area (Å²) < 4.78 is 33.2. The van der Waals surface area contributed by atoms with Crippen molar-refractivity contribution in [1.82, 2.24) is 24.9 Å². The molecule has 0 aliphatic rings. The van der Waals surface area contributed by atoms with Gasteiger partial charge in [0, 0.05) is 35.5 Å². The molecule has 3 N–H and O–H groups in total. The highest BCUT2D eigenvalue weighted by atomic mass is 32.2. The molecule has 1 unspecified atom stereocenters. The minimum absolute atomic E-state index is 0.0417. The van der Waals surface area contributed by atoms with Crippen molar-refractivity contribution in [2.45, 2.75) is 31.3 Å². The van der Waals surface area contributed by atoms with E-state index in [2.05, 4.69) is 35.0 Å². The molecule has 0 saturated carbocycles. The first-order chi connectivity index (χ1) is 19.7. The number of pyridine rings is 1. The third kappa shape index (κ3) is 6.36. The van der Waals surface area contributed by atoms with Crippen molar-refractivity contribution in [2.75, 3.05) is 10.0 Å². The topological polar surface area (TPSA) is 169 Å². The number of nitrogens with zero attached hydrogens (tertiary/aromatic N) is 4. The van der Waals surface area contributed by atoms with Crippen molar-refractivity contribution in [2.24, 2.45) is 0 Å². The number of imidazole rings is 1. The van der Waals surface area contributed by atoms with Gasteiger partial charge >= 0.3 is 5.97 Å². The van der Waals surface area contributed by atoms with Crippen LogP contribution in [-0.2, 0) is 19.6 Å². The maximum absolute atomic E-state index is 12.9. The number of aromatic amines is 1. The Balaban J connectivity index is 1.23. The number of hydrogen-bond acceptors (Lipinski definition) is 9. The Bertz CT molecular complexity index is 1820. The molecule has 5 aromatic rings. The van der Waals surface area contributed by atoms with Crippen LogP contribution < -0.4 is 10.0 Å². The summed E-state index contributed by atoms with van der Waals surface area (Å²) in [6.07, 6.45) is 3.95. The molecule has 1 atom stereocenters. The molecule has 1 amide bonds. The smallest absolute Gasteiger partial charge is 0.338 e. The van der Waals surface area contributed by atoms with Gasteiger partial charge in [0.15, 0.2) is 6.10 Å². The van der Waals surface area contributed by atoms with E-state index in [0.29, 0.717) is 28.2 Å². The standard InChI is InChI=1S/C28H25N7O5S/c1-3-24(40-27(37)18-6-11-22-23(15-18)34-25(33-22)19-5-4-13-29-16-19)26(36)32-20-7-9-21(10-8-20)41(38,39)35-28-30-14-12-17(2)31-28/h4-16,24H,3H2,1-2H3,(H,32,36)(H,33,34)(H,30,31,35). The fourth-order valence-corrected chi connectivity index (χ4v) is 4.86. The van der Waals surface area contributed by atoms with Crippen LogP contribution in [-0.4, -0.2) is 51.3 Å². The number of carbonyl (C=O) groups is 2. The van der Waals surface area contributed by atoms with Gasteiger partial charge in [-0.05, 0) is 74.0 Å². The van der Waals surface area contributed by atoms with Crippen molar-refractivity contribution in [1.29, 1.82) is 0 Å². The van der Waals surface area contributed by atoms with Gasteiger partial charge in [0.1, 0.15) is 5.82 Å². The molecule has 0 fully saturated rings. The molecule has 2 aromatic carbocycles. The minimum atomic E-state index is -3.94. The molecule has 5 rings (SSSR count). The predicted octanol–water partition coefficient (Wildman–Crippen LogP) is 4.10. The molecule has 3 aromatic heterocycles. The van der Waals surface area contributed by atoms with Gasteiger partial charge in [-0.2, -0.15) is 0 Å². The van der Waals surface area contributed by atoms with E-state index in [1.54, 1.807) is 56.6 Å². The zero-order valence-corrected chi connectivity index (χ0v) is 22.8. The summed E-state index contributed by atoms with van der Waals surface area (Å²) in [4.78, 5) is 45.4. The Labute approximate surface area is 235 Å². The molecular formula is C28H25N7O5S. The van der Waals surface area contributed by atoms with Gasteiger partial charge in [0.05, 0.1) is 21.5 Å². The fourth-order valence-electron chi connectivity index (χ4n) is 3.91. The number of H-pyrrole nitrogens is 1. The molecule has 3 heterocycles. The average molecular weight is 572 g/mol. The second-order valence-electron chi connectivity index (χ2n) is 9.00. The van der Waals surface area contributed by atoms with Crippen LogP contribution >= 0.6 is 0 Å². The van der Waals surface area contributed by atoms with Crippen molar-refractivity contribution in [3.8, 4) is 11.4 Å². The van der Waals surface area contributed by atoms with Crippen LogP contribution in [0.4, 0.5) is 11.6 Å². The Hall–Kier alpha value is -5.17. The lowest BCUT2D eigenvalue weighted by Crippen LogP contribution is -2.32. The van der Waals surface area contributed by atoms with Gasteiger partial charge in [0.2, 0.25) is 5.95 Å². The molecule has 0 aliphatic heterocycles. The normalized spacial score (nSPS) is 12.0. The lowest BCUT2D eigenvalue weighted by molar-refractivity contribution is -0.124. The molecule has 0 bridgehead atoms. The van der Waals surface area contributed by atoms with E-state index < -0.39 is 28.0 Å². The lowest BCUT2D eigenvalue weighted by Gasteiger charge is -2.16. The zero-order chi connectivity index (χ0) is 29.0. The summed E-state index contributed by atoms with van der Waals surface area (Å²) >= 11 is 0. The zero-order valence-electron chi connectivity index (χ0n) is 22.0. The second-order valence-corrected chi connectivity index (χ2v) is 10.7. The second kappa shape index (κ2) is 11.5. The maximum Gasteiger partial charge on any atom is 0.338 e. The van der Waals surface area contributed by atoms with Gasteiger partial charge in [0.25, 0.3) is 15.9 Å². The third-order valence-electron chi connectivity index (χ3n) is 6.02. The van der Waals surface area contributed by atoms with E-state index in [-0.39, 0.29) is 22.8 Å². The molecule has 0 saturated heterocycles. The van der Waals surface area contributed by atoms with E-state index in [4.69, 9.17) is 4.74 Å². The van der Waals surface area contributed by atoms with Crippen molar-refractivity contribution in [3.05, 3.63) is 90.5 Å². The first-order valence-corrected chi connectivity index (χ1v) is 14.0. The number of hydrogen-bond donors (Lipinski definition) is 3. The molecule has 208 valence electrons. The predicted molar refractivity (Wildman–Crippen MR) is 151 cm³/mol. The molecule has 0 radical (unpaired) electrons. The molecule has 12 nitrogen and oxygen atoms in total. The minimum Gasteiger partial charge on any atom is -0.449 e. The average Bonchev–Trinajstić information content (AvgIpc) is 3.40. The summed E-state index contributed by atoms with van der Waals surface area (Å²) in [7, 11) is -3.94. The number of aromatic nitrogens is 5. The number of nitrogens with one attached hydrogen (secondary N) is 3. The van der Waals surface area contributed by atoms with Crippen molar-refractivity contribution < 1.29 is 22.7 Å². The van der Waals surface area contributed by atoms with Crippen LogP contribution in [0.1, 0.15) is 29.4 Å². The van der Waals surface area contributed by atoms with E-state index in [1.807, 2.05) is 6.07 Å². The van der Waals surface area contributed by atoms with E-state index in [1.165, 1.54) is 30.5 Å². The van der Waals surface area contributed by atoms with Crippen LogP contribution in [0.15, 0.2) is 84.1 Å². The summed E-state index contributed by atoms with van der Waals surface area (Å²) in [5, 5.41) is 2.66. The molecule has 0 aliphatic carbocycles. The Morgan fingerprint density at radius 3 is 2.54 bits per heavy atom. The number of benzene rings is 2. The van der Waals surface area contributed by atoms with Crippen LogP contribution in [0, 0.1) is 6.92 Å². The first kappa shape index (κ1) is 27.4.